The van der Waals surface area contributed by atoms with E-state index in [-0.39, 0.29) is 17.7 Å². The molecule has 206 valence electrons. The van der Waals surface area contributed by atoms with Crippen LogP contribution in [0.15, 0.2) is 55.9 Å². The molecule has 1 atom stereocenters. The van der Waals surface area contributed by atoms with E-state index in [2.05, 4.69) is 20.9 Å². The SMILES string of the molecule is CCOC(=O)C1=C(C)N=c2s/c(=C\c3cc(Br)c(OC)cc3OC)c(=O)n2C1c1cccc(OC)c1OCC. The van der Waals surface area contributed by atoms with Gasteiger partial charge >= 0.3 is 5.97 Å². The number of allylic oxidation sites excluding steroid dienone is 1. The molecule has 0 fully saturated rings. The van der Waals surface area contributed by atoms with Crippen molar-refractivity contribution >= 4 is 39.3 Å². The standard InChI is InChI=1S/C28H29BrN2O7S/c1-7-37-25-17(10-9-11-19(25)34-4)24-23(27(33)38-8-2)15(3)30-28-31(24)26(32)22(39-28)13-16-12-18(29)21(36-6)14-20(16)35-5/h9-14,24H,7-8H2,1-6H3/b22-13-. The summed E-state index contributed by atoms with van der Waals surface area (Å²) in [5.74, 6) is 1.51. The van der Waals surface area contributed by atoms with Gasteiger partial charge in [-0.3, -0.25) is 9.36 Å². The number of rotatable bonds is 9. The van der Waals surface area contributed by atoms with Crippen LogP contribution in [0.3, 0.4) is 0 Å². The molecule has 39 heavy (non-hydrogen) atoms. The summed E-state index contributed by atoms with van der Waals surface area (Å²) in [6.07, 6.45) is 1.74. The van der Waals surface area contributed by atoms with E-state index < -0.39 is 12.0 Å². The molecule has 0 amide bonds. The highest BCUT2D eigenvalue weighted by atomic mass is 79.9. The number of methoxy groups -OCH3 is 3. The second-order valence-electron chi connectivity index (χ2n) is 8.34. The fourth-order valence-corrected chi connectivity index (χ4v) is 5.99. The van der Waals surface area contributed by atoms with Crippen molar-refractivity contribution in [2.75, 3.05) is 34.5 Å². The number of esters is 1. The number of carbonyl (C=O) groups excluding carboxylic acids is 1. The van der Waals surface area contributed by atoms with Crippen LogP contribution >= 0.6 is 27.3 Å². The molecule has 0 spiro atoms. The average Bonchev–Trinajstić information content (AvgIpc) is 3.22. The molecule has 0 aliphatic carbocycles. The van der Waals surface area contributed by atoms with E-state index >= 15 is 0 Å². The van der Waals surface area contributed by atoms with Crippen molar-refractivity contribution in [2.45, 2.75) is 26.8 Å². The van der Waals surface area contributed by atoms with Gasteiger partial charge in [0, 0.05) is 17.2 Å². The monoisotopic (exact) mass is 616 g/mol. The Kier molecular flexibility index (Phi) is 8.81. The molecule has 0 saturated carbocycles. The lowest BCUT2D eigenvalue weighted by Gasteiger charge is -2.26. The fraction of sp³-hybridized carbons (Fsp3) is 0.321. The van der Waals surface area contributed by atoms with Gasteiger partial charge < -0.3 is 23.7 Å². The minimum atomic E-state index is -0.844. The number of benzene rings is 2. The summed E-state index contributed by atoms with van der Waals surface area (Å²) < 4.78 is 30.5. The number of hydrogen-bond acceptors (Lipinski definition) is 9. The summed E-state index contributed by atoms with van der Waals surface area (Å²) in [6.45, 7) is 5.86. The Morgan fingerprint density at radius 3 is 2.44 bits per heavy atom. The smallest absolute Gasteiger partial charge is 0.338 e. The first-order valence-corrected chi connectivity index (χ1v) is 13.8. The molecule has 9 nitrogen and oxygen atoms in total. The number of fused-ring (bicyclic) bond motifs is 1. The van der Waals surface area contributed by atoms with Gasteiger partial charge in [0.25, 0.3) is 5.56 Å². The van der Waals surface area contributed by atoms with Crippen LogP contribution in [0.25, 0.3) is 6.08 Å². The van der Waals surface area contributed by atoms with Gasteiger partial charge in [0.15, 0.2) is 16.3 Å². The van der Waals surface area contributed by atoms with Crippen molar-refractivity contribution < 1.29 is 28.5 Å². The number of thiazole rings is 1. The maximum Gasteiger partial charge on any atom is 0.338 e. The zero-order chi connectivity index (χ0) is 28.3. The lowest BCUT2D eigenvalue weighted by molar-refractivity contribution is -0.139. The molecule has 0 saturated heterocycles. The van der Waals surface area contributed by atoms with Gasteiger partial charge in [-0.15, -0.1) is 0 Å². The first-order valence-electron chi connectivity index (χ1n) is 12.2. The van der Waals surface area contributed by atoms with Crippen LogP contribution in [0.1, 0.15) is 37.9 Å². The largest absolute Gasteiger partial charge is 0.496 e. The number of nitrogens with zero attached hydrogens (tertiary/aromatic N) is 2. The lowest BCUT2D eigenvalue weighted by Crippen LogP contribution is -2.40. The first kappa shape index (κ1) is 28.4. The third-order valence-corrected chi connectivity index (χ3v) is 7.72. The predicted molar refractivity (Wildman–Crippen MR) is 152 cm³/mol. The maximum absolute atomic E-state index is 14.0. The quantitative estimate of drug-likeness (QED) is 0.335. The van der Waals surface area contributed by atoms with Gasteiger partial charge in [0.2, 0.25) is 0 Å². The minimum Gasteiger partial charge on any atom is -0.496 e. The van der Waals surface area contributed by atoms with Crippen molar-refractivity contribution in [1.29, 1.82) is 0 Å². The van der Waals surface area contributed by atoms with E-state index in [1.54, 1.807) is 59.5 Å². The molecule has 2 heterocycles. The molecule has 1 aliphatic rings. The van der Waals surface area contributed by atoms with Crippen molar-refractivity contribution in [2.24, 2.45) is 4.99 Å². The Hall–Kier alpha value is -3.57. The van der Waals surface area contributed by atoms with Gasteiger partial charge in [0.1, 0.15) is 17.5 Å². The molecule has 3 aromatic rings. The Balaban J connectivity index is 2.03. The third-order valence-electron chi connectivity index (χ3n) is 6.12. The van der Waals surface area contributed by atoms with E-state index in [0.29, 0.717) is 60.2 Å². The van der Waals surface area contributed by atoms with Gasteiger partial charge in [-0.25, -0.2) is 9.79 Å². The van der Waals surface area contributed by atoms with E-state index in [9.17, 15) is 9.59 Å². The van der Waals surface area contributed by atoms with Crippen LogP contribution in [0.2, 0.25) is 0 Å². The van der Waals surface area contributed by atoms with Gasteiger partial charge in [0.05, 0.1) is 54.8 Å². The van der Waals surface area contributed by atoms with Crippen LogP contribution in [0.5, 0.6) is 23.0 Å². The maximum atomic E-state index is 14.0. The van der Waals surface area contributed by atoms with E-state index in [4.69, 9.17) is 23.7 Å². The van der Waals surface area contributed by atoms with Gasteiger partial charge in [-0.2, -0.15) is 0 Å². The zero-order valence-electron chi connectivity index (χ0n) is 22.5. The molecule has 0 radical (unpaired) electrons. The Morgan fingerprint density at radius 2 is 1.79 bits per heavy atom. The molecule has 2 aromatic carbocycles. The Labute approximate surface area is 238 Å². The number of halogens is 1. The molecule has 0 bridgehead atoms. The number of hydrogen-bond donors (Lipinski definition) is 0. The normalized spacial score (nSPS) is 14.9. The molecule has 1 unspecified atom stereocenters. The van der Waals surface area contributed by atoms with Crippen LogP contribution < -0.4 is 33.8 Å². The lowest BCUT2D eigenvalue weighted by atomic mass is 9.94. The summed E-state index contributed by atoms with van der Waals surface area (Å²) in [5.41, 5.74) is 1.66. The minimum absolute atomic E-state index is 0.176. The number of para-hydroxylation sites is 1. The number of aromatic nitrogens is 1. The van der Waals surface area contributed by atoms with Crippen molar-refractivity contribution in [3.05, 3.63) is 76.9 Å². The fourth-order valence-electron chi connectivity index (χ4n) is 4.43. The van der Waals surface area contributed by atoms with Crippen molar-refractivity contribution in [3.63, 3.8) is 0 Å². The third kappa shape index (κ3) is 5.33. The van der Waals surface area contributed by atoms with Crippen LogP contribution in [-0.4, -0.2) is 45.1 Å². The van der Waals surface area contributed by atoms with E-state index in [1.165, 1.54) is 15.9 Å². The van der Waals surface area contributed by atoms with E-state index in [1.807, 2.05) is 19.1 Å². The summed E-state index contributed by atoms with van der Waals surface area (Å²) in [4.78, 5) is 32.4. The van der Waals surface area contributed by atoms with E-state index in [0.717, 1.165) is 0 Å². The average molecular weight is 618 g/mol. The molecule has 1 aromatic heterocycles. The molecular formula is C28H29BrN2O7S. The summed E-state index contributed by atoms with van der Waals surface area (Å²) in [5, 5.41) is 0. The van der Waals surface area contributed by atoms with Crippen molar-refractivity contribution in [3.8, 4) is 23.0 Å². The molecule has 0 N–H and O–H groups in total. The summed E-state index contributed by atoms with van der Waals surface area (Å²) in [6, 6.07) is 8.10. The highest BCUT2D eigenvalue weighted by Gasteiger charge is 2.36. The predicted octanol–water partition coefficient (Wildman–Crippen LogP) is 3.99. The molecule has 1 aliphatic heterocycles. The van der Waals surface area contributed by atoms with Crippen LogP contribution in [-0.2, 0) is 9.53 Å². The van der Waals surface area contributed by atoms with Gasteiger partial charge in [-0.05, 0) is 54.9 Å². The van der Waals surface area contributed by atoms with Crippen LogP contribution in [0.4, 0.5) is 0 Å². The molecule has 4 rings (SSSR count). The summed E-state index contributed by atoms with van der Waals surface area (Å²) >= 11 is 4.72. The Bertz CT molecular complexity index is 1620. The molecular weight excluding hydrogens is 588 g/mol. The summed E-state index contributed by atoms with van der Waals surface area (Å²) in [7, 11) is 4.66. The van der Waals surface area contributed by atoms with Crippen molar-refractivity contribution in [1.82, 2.24) is 4.57 Å². The second kappa shape index (κ2) is 12.1. The zero-order valence-corrected chi connectivity index (χ0v) is 24.9. The highest BCUT2D eigenvalue weighted by Crippen LogP contribution is 2.41. The molecule has 11 heteroatoms. The number of ether oxygens (including phenoxy) is 5. The second-order valence-corrected chi connectivity index (χ2v) is 10.2. The topological polar surface area (TPSA) is 97.6 Å². The van der Waals surface area contributed by atoms with Gasteiger partial charge in [-0.1, -0.05) is 23.5 Å². The Morgan fingerprint density at radius 1 is 1.08 bits per heavy atom. The van der Waals surface area contributed by atoms with Crippen LogP contribution in [0, 0.1) is 0 Å². The number of carbonyl (C=O) groups is 1. The highest BCUT2D eigenvalue weighted by molar-refractivity contribution is 9.10. The first-order chi connectivity index (χ1) is 18.8.